The second-order valence-corrected chi connectivity index (χ2v) is 9.68. The molecule has 0 spiro atoms. The predicted octanol–water partition coefficient (Wildman–Crippen LogP) is 3.11. The summed E-state index contributed by atoms with van der Waals surface area (Å²) in [5, 5.41) is 0.744. The van der Waals surface area contributed by atoms with Gasteiger partial charge in [0.05, 0.1) is 36.4 Å². The van der Waals surface area contributed by atoms with E-state index in [1.54, 1.807) is 13.2 Å². The second kappa shape index (κ2) is 7.16. The topological polar surface area (TPSA) is 59.0 Å². The van der Waals surface area contributed by atoms with Crippen molar-refractivity contribution in [1.29, 1.82) is 0 Å². The van der Waals surface area contributed by atoms with E-state index in [2.05, 4.69) is 0 Å². The maximum atomic E-state index is 13.4. The highest BCUT2D eigenvalue weighted by Gasteiger charge is 2.47. The van der Waals surface area contributed by atoms with E-state index >= 15 is 0 Å². The highest BCUT2D eigenvalue weighted by molar-refractivity contribution is 8.13. The van der Waals surface area contributed by atoms with Gasteiger partial charge in [0.2, 0.25) is 0 Å². The highest BCUT2D eigenvalue weighted by atomic mass is 32.2. The largest absolute Gasteiger partial charge is 0.495 e. The minimum Gasteiger partial charge on any atom is -0.495 e. The van der Waals surface area contributed by atoms with Crippen LogP contribution in [0.15, 0.2) is 53.5 Å². The molecule has 2 aromatic carbocycles. The van der Waals surface area contributed by atoms with Crippen molar-refractivity contribution in [2.24, 2.45) is 4.99 Å². The molecule has 0 saturated carbocycles. The number of ether oxygens (including phenoxy) is 1. The van der Waals surface area contributed by atoms with Gasteiger partial charge < -0.3 is 9.64 Å². The van der Waals surface area contributed by atoms with Crippen molar-refractivity contribution >= 4 is 32.5 Å². The average Bonchev–Trinajstić information content (AvgIpc) is 3.11. The van der Waals surface area contributed by atoms with E-state index in [1.165, 1.54) is 23.9 Å². The summed E-state index contributed by atoms with van der Waals surface area (Å²) >= 11 is 1.48. The standard InChI is InChI=1S/C19H19FN2O3S2/c1-25-18-8-3-2-7-16(18)22-17-12-27(23,24)11-15(17)21-19(22)26-10-13-5-4-6-14(20)9-13/h2-9,15,17H,10-12H2,1H3/t15-,17+/m0/s1. The number of hydrogen-bond donors (Lipinski definition) is 0. The molecule has 27 heavy (non-hydrogen) atoms. The van der Waals surface area contributed by atoms with Crippen LogP contribution in [0, 0.1) is 5.82 Å². The van der Waals surface area contributed by atoms with Gasteiger partial charge in [-0.3, -0.25) is 4.99 Å². The van der Waals surface area contributed by atoms with Crippen molar-refractivity contribution in [2.75, 3.05) is 23.5 Å². The van der Waals surface area contributed by atoms with Crippen molar-refractivity contribution in [3.05, 3.63) is 59.9 Å². The number of methoxy groups -OCH3 is 1. The summed E-state index contributed by atoms with van der Waals surface area (Å²) in [4.78, 5) is 6.66. The van der Waals surface area contributed by atoms with Crippen LogP contribution in [0.4, 0.5) is 10.1 Å². The molecule has 0 bridgehead atoms. The third-order valence-electron chi connectivity index (χ3n) is 4.71. The van der Waals surface area contributed by atoms with Gasteiger partial charge in [-0.1, -0.05) is 36.0 Å². The van der Waals surface area contributed by atoms with Gasteiger partial charge in [-0.25, -0.2) is 12.8 Å². The zero-order valence-electron chi connectivity index (χ0n) is 14.7. The third kappa shape index (κ3) is 3.68. The van der Waals surface area contributed by atoms with Gasteiger partial charge in [-0.05, 0) is 29.8 Å². The molecule has 0 aromatic heterocycles. The Kier molecular flexibility index (Phi) is 4.86. The molecule has 8 heteroatoms. The Morgan fingerprint density at radius 1 is 1.22 bits per heavy atom. The summed E-state index contributed by atoms with van der Waals surface area (Å²) < 4.78 is 43.2. The first-order chi connectivity index (χ1) is 13.0. The Bertz CT molecular complexity index is 994. The van der Waals surface area contributed by atoms with Crippen LogP contribution >= 0.6 is 11.8 Å². The van der Waals surface area contributed by atoms with Crippen LogP contribution in [0.2, 0.25) is 0 Å². The molecule has 1 saturated heterocycles. The van der Waals surface area contributed by atoms with Gasteiger partial charge in [-0.2, -0.15) is 0 Å². The van der Waals surface area contributed by atoms with Crippen LogP contribution in [0.1, 0.15) is 5.56 Å². The van der Waals surface area contributed by atoms with Crippen LogP contribution in [-0.2, 0) is 15.6 Å². The summed E-state index contributed by atoms with van der Waals surface area (Å²) in [6, 6.07) is 13.5. The number of para-hydroxylation sites is 2. The molecule has 0 N–H and O–H groups in total. The minimum absolute atomic E-state index is 0.0628. The quantitative estimate of drug-likeness (QED) is 0.781. The molecule has 1 fully saturated rings. The number of fused-ring (bicyclic) bond motifs is 1. The number of amidine groups is 1. The maximum absolute atomic E-state index is 13.4. The number of hydrogen-bond acceptors (Lipinski definition) is 6. The number of anilines is 1. The summed E-state index contributed by atoms with van der Waals surface area (Å²) in [6.07, 6.45) is 0. The Labute approximate surface area is 162 Å². The molecule has 2 aliphatic rings. The van der Waals surface area contributed by atoms with Crippen LogP contribution in [0.5, 0.6) is 5.75 Å². The number of aliphatic imine (C=N–C) groups is 1. The summed E-state index contributed by atoms with van der Waals surface area (Å²) in [7, 11) is -1.52. The zero-order chi connectivity index (χ0) is 19.0. The van der Waals surface area contributed by atoms with Gasteiger partial charge in [0.1, 0.15) is 11.6 Å². The number of nitrogens with zero attached hydrogens (tertiary/aromatic N) is 2. The first-order valence-corrected chi connectivity index (χ1v) is 11.4. The van der Waals surface area contributed by atoms with E-state index in [4.69, 9.17) is 9.73 Å². The molecule has 0 aliphatic carbocycles. The molecule has 0 amide bonds. The molecular formula is C19H19FN2O3S2. The highest BCUT2D eigenvalue weighted by Crippen LogP contribution is 2.39. The number of benzene rings is 2. The van der Waals surface area contributed by atoms with Crippen molar-refractivity contribution in [3.8, 4) is 5.75 Å². The molecule has 2 atom stereocenters. The van der Waals surface area contributed by atoms with Crippen molar-refractivity contribution in [3.63, 3.8) is 0 Å². The summed E-state index contributed by atoms with van der Waals surface area (Å²) in [5.74, 6) is 1.08. The SMILES string of the molecule is COc1ccccc1N1C(SCc2cccc(F)c2)=N[C@H]2CS(=O)(=O)C[C@H]21. The first kappa shape index (κ1) is 18.3. The lowest BCUT2D eigenvalue weighted by Gasteiger charge is -2.27. The monoisotopic (exact) mass is 406 g/mol. The molecule has 5 nitrogen and oxygen atoms in total. The zero-order valence-corrected chi connectivity index (χ0v) is 16.3. The van der Waals surface area contributed by atoms with Crippen LogP contribution in [-0.4, -0.2) is 44.3 Å². The van der Waals surface area contributed by atoms with E-state index in [1.807, 2.05) is 35.2 Å². The fraction of sp³-hybridized carbons (Fsp3) is 0.316. The predicted molar refractivity (Wildman–Crippen MR) is 107 cm³/mol. The van der Waals surface area contributed by atoms with Gasteiger partial charge >= 0.3 is 0 Å². The lowest BCUT2D eigenvalue weighted by molar-refractivity contribution is 0.415. The van der Waals surface area contributed by atoms with Crippen molar-refractivity contribution in [1.82, 2.24) is 0 Å². The summed E-state index contributed by atoms with van der Waals surface area (Å²) in [6.45, 7) is 0. The molecule has 142 valence electrons. The van der Waals surface area contributed by atoms with Gasteiger partial charge in [0, 0.05) is 5.75 Å². The fourth-order valence-electron chi connectivity index (χ4n) is 3.52. The molecule has 0 radical (unpaired) electrons. The third-order valence-corrected chi connectivity index (χ3v) is 7.45. The van der Waals surface area contributed by atoms with Crippen LogP contribution in [0.3, 0.4) is 0 Å². The number of rotatable bonds is 4. The van der Waals surface area contributed by atoms with E-state index in [0.29, 0.717) is 11.5 Å². The molecular weight excluding hydrogens is 387 g/mol. The van der Waals surface area contributed by atoms with E-state index in [0.717, 1.165) is 16.4 Å². The number of sulfone groups is 1. The number of thioether (sulfide) groups is 1. The van der Waals surface area contributed by atoms with Gasteiger partial charge in [0.25, 0.3) is 0 Å². The van der Waals surface area contributed by atoms with E-state index in [9.17, 15) is 12.8 Å². The molecule has 2 heterocycles. The van der Waals surface area contributed by atoms with Gasteiger partial charge in [-0.15, -0.1) is 0 Å². The van der Waals surface area contributed by atoms with Crippen LogP contribution < -0.4 is 9.64 Å². The normalized spacial score (nSPS) is 23.2. The Balaban J connectivity index is 1.65. The lowest BCUT2D eigenvalue weighted by Crippen LogP contribution is -2.39. The van der Waals surface area contributed by atoms with E-state index < -0.39 is 9.84 Å². The molecule has 2 aromatic rings. The minimum atomic E-state index is -3.11. The molecule has 0 unspecified atom stereocenters. The van der Waals surface area contributed by atoms with Gasteiger partial charge in [0.15, 0.2) is 15.0 Å². The average molecular weight is 407 g/mol. The Morgan fingerprint density at radius 3 is 2.81 bits per heavy atom. The molecule has 2 aliphatic heterocycles. The van der Waals surface area contributed by atoms with Crippen molar-refractivity contribution in [2.45, 2.75) is 17.8 Å². The second-order valence-electron chi connectivity index (χ2n) is 6.58. The smallest absolute Gasteiger partial charge is 0.164 e. The number of halogens is 1. The molecule has 4 rings (SSSR count). The maximum Gasteiger partial charge on any atom is 0.164 e. The summed E-state index contributed by atoms with van der Waals surface area (Å²) in [5.41, 5.74) is 1.66. The van der Waals surface area contributed by atoms with Crippen LogP contribution in [0.25, 0.3) is 0 Å². The lowest BCUT2D eigenvalue weighted by atomic mass is 10.1. The van der Waals surface area contributed by atoms with Crippen molar-refractivity contribution < 1.29 is 17.5 Å². The fourth-order valence-corrected chi connectivity index (χ4v) is 6.42. The Hall–Kier alpha value is -2.06. The Morgan fingerprint density at radius 2 is 2.04 bits per heavy atom. The first-order valence-electron chi connectivity index (χ1n) is 8.54. The van der Waals surface area contributed by atoms with E-state index in [-0.39, 0.29) is 29.4 Å².